The van der Waals surface area contributed by atoms with E-state index in [0.717, 1.165) is 65.8 Å². The number of rotatable bonds is 2. The number of anilines is 1. The van der Waals surface area contributed by atoms with Crippen LogP contribution in [0.3, 0.4) is 0 Å². The molecule has 0 radical (unpaired) electrons. The van der Waals surface area contributed by atoms with Gasteiger partial charge in [-0.1, -0.05) is 11.6 Å². The van der Waals surface area contributed by atoms with Gasteiger partial charge in [0.1, 0.15) is 5.82 Å². The summed E-state index contributed by atoms with van der Waals surface area (Å²) in [5, 5.41) is 5.36. The average Bonchev–Trinajstić information content (AvgIpc) is 3.05. The second kappa shape index (κ2) is 6.20. The highest BCUT2D eigenvalue weighted by Crippen LogP contribution is 2.39. The highest BCUT2D eigenvalue weighted by atomic mass is 19.1. The Hall–Kier alpha value is -2.66. The van der Waals surface area contributed by atoms with Gasteiger partial charge in [0, 0.05) is 55.3 Å². The van der Waals surface area contributed by atoms with Gasteiger partial charge >= 0.3 is 0 Å². The zero-order valence-corrected chi connectivity index (χ0v) is 15.7. The van der Waals surface area contributed by atoms with E-state index >= 15 is 4.39 Å². The molecule has 0 amide bonds. The zero-order valence-electron chi connectivity index (χ0n) is 15.7. The SMILES string of the molecule is CCn1cc2c3cc(C)ccc3nc-2c2cc(F)c(N3CCNCC3)cc21. The Morgan fingerprint density at radius 2 is 1.93 bits per heavy atom. The molecule has 2 aromatic rings. The molecule has 2 aromatic carbocycles. The third-order valence-corrected chi connectivity index (χ3v) is 5.64. The van der Waals surface area contributed by atoms with Gasteiger partial charge in [-0.15, -0.1) is 0 Å². The van der Waals surface area contributed by atoms with Crippen molar-refractivity contribution in [2.24, 2.45) is 0 Å². The van der Waals surface area contributed by atoms with Gasteiger partial charge in [-0.3, -0.25) is 0 Å². The molecular weight excluding hydrogens is 339 g/mol. The van der Waals surface area contributed by atoms with Crippen molar-refractivity contribution in [2.45, 2.75) is 20.4 Å². The lowest BCUT2D eigenvalue weighted by Crippen LogP contribution is -2.43. The number of aromatic nitrogens is 2. The molecule has 1 saturated heterocycles. The van der Waals surface area contributed by atoms with Gasteiger partial charge in [0.15, 0.2) is 0 Å². The Labute approximate surface area is 157 Å². The van der Waals surface area contributed by atoms with E-state index in [2.05, 4.69) is 53.0 Å². The Kier molecular flexibility index (Phi) is 3.79. The number of aryl methyl sites for hydroxylation is 2. The van der Waals surface area contributed by atoms with Gasteiger partial charge in [-0.25, -0.2) is 9.37 Å². The van der Waals surface area contributed by atoms with Crippen LogP contribution in [-0.2, 0) is 6.54 Å². The number of piperazine rings is 1. The van der Waals surface area contributed by atoms with Crippen molar-refractivity contribution >= 4 is 27.5 Å². The Balaban J connectivity index is 1.81. The molecular formula is C22H23FN4. The molecule has 1 N–H and O–H groups in total. The van der Waals surface area contributed by atoms with E-state index in [1.54, 1.807) is 6.07 Å². The van der Waals surface area contributed by atoms with Gasteiger partial charge < -0.3 is 14.8 Å². The van der Waals surface area contributed by atoms with Gasteiger partial charge in [-0.2, -0.15) is 0 Å². The average molecular weight is 362 g/mol. The summed E-state index contributed by atoms with van der Waals surface area (Å²) in [5.41, 5.74) is 5.90. The molecule has 138 valence electrons. The van der Waals surface area contributed by atoms with Crippen LogP contribution >= 0.6 is 0 Å². The molecule has 3 aliphatic rings. The monoisotopic (exact) mass is 362 g/mol. The van der Waals surface area contributed by atoms with Crippen LogP contribution in [0.2, 0.25) is 0 Å². The zero-order chi connectivity index (χ0) is 18.5. The van der Waals surface area contributed by atoms with E-state index < -0.39 is 0 Å². The lowest BCUT2D eigenvalue weighted by Gasteiger charge is -2.30. The summed E-state index contributed by atoms with van der Waals surface area (Å²) in [6, 6.07) is 9.98. The minimum atomic E-state index is -0.164. The summed E-state index contributed by atoms with van der Waals surface area (Å²) in [6.07, 6.45) is 2.17. The molecule has 0 saturated carbocycles. The maximum absolute atomic E-state index is 15.1. The number of nitrogens with one attached hydrogen (secondary N) is 1. The highest BCUT2D eigenvalue weighted by molar-refractivity contribution is 6.07. The molecule has 0 aromatic heterocycles. The summed E-state index contributed by atoms with van der Waals surface area (Å²) in [5.74, 6) is -0.164. The largest absolute Gasteiger partial charge is 0.367 e. The molecule has 5 heteroatoms. The van der Waals surface area contributed by atoms with Crippen LogP contribution in [0.5, 0.6) is 0 Å². The molecule has 0 atom stereocenters. The minimum Gasteiger partial charge on any atom is -0.367 e. The molecule has 0 unspecified atom stereocenters. The number of nitrogens with zero attached hydrogens (tertiary/aromatic N) is 3. The van der Waals surface area contributed by atoms with Crippen LogP contribution in [0.15, 0.2) is 36.5 Å². The first-order valence-electron chi connectivity index (χ1n) is 9.64. The Morgan fingerprint density at radius 3 is 2.70 bits per heavy atom. The van der Waals surface area contributed by atoms with Crippen molar-refractivity contribution in [1.29, 1.82) is 0 Å². The van der Waals surface area contributed by atoms with Gasteiger partial charge in [-0.05, 0) is 38.1 Å². The number of hydrogen-bond donors (Lipinski definition) is 1. The van der Waals surface area contributed by atoms with E-state index in [0.29, 0.717) is 5.69 Å². The van der Waals surface area contributed by atoms with Crippen LogP contribution in [0.4, 0.5) is 10.1 Å². The first kappa shape index (κ1) is 16.5. The second-order valence-corrected chi connectivity index (χ2v) is 7.37. The molecule has 5 rings (SSSR count). The summed E-state index contributed by atoms with van der Waals surface area (Å²) in [7, 11) is 0. The summed E-state index contributed by atoms with van der Waals surface area (Å²) < 4.78 is 17.3. The molecule has 0 aliphatic carbocycles. The number of pyridine rings is 1. The molecule has 3 heterocycles. The first-order valence-corrected chi connectivity index (χ1v) is 9.64. The predicted octanol–water partition coefficient (Wildman–Crippen LogP) is 4.17. The fourth-order valence-electron chi connectivity index (χ4n) is 4.22. The molecule has 0 spiro atoms. The summed E-state index contributed by atoms with van der Waals surface area (Å²) in [4.78, 5) is 6.97. The fourth-order valence-corrected chi connectivity index (χ4v) is 4.22. The van der Waals surface area contributed by atoms with E-state index in [1.807, 2.05) is 6.07 Å². The Morgan fingerprint density at radius 1 is 1.11 bits per heavy atom. The van der Waals surface area contributed by atoms with E-state index in [9.17, 15) is 0 Å². The van der Waals surface area contributed by atoms with Crippen molar-refractivity contribution in [1.82, 2.24) is 14.9 Å². The maximum Gasteiger partial charge on any atom is 0.147 e. The molecule has 4 nitrogen and oxygen atoms in total. The van der Waals surface area contributed by atoms with Gasteiger partial charge in [0.25, 0.3) is 0 Å². The van der Waals surface area contributed by atoms with Crippen LogP contribution in [0, 0.1) is 12.7 Å². The summed E-state index contributed by atoms with van der Waals surface area (Å²) >= 11 is 0. The fraction of sp³-hybridized carbons (Fsp3) is 0.318. The van der Waals surface area contributed by atoms with Gasteiger partial charge in [0.05, 0.1) is 22.4 Å². The third kappa shape index (κ3) is 2.57. The standard InChI is InChI=1S/C22H23FN4/c1-3-26-13-17-15-10-14(2)4-5-19(15)25-22(17)16-11-18(23)21(12-20(16)26)27-8-6-24-7-9-27/h4-5,10-13,24H,3,6-9H2,1-2H3. The maximum atomic E-state index is 15.1. The van der Waals surface area contributed by atoms with Crippen LogP contribution in [0.25, 0.3) is 33.1 Å². The van der Waals surface area contributed by atoms with Crippen molar-refractivity contribution in [3.05, 3.63) is 47.9 Å². The smallest absolute Gasteiger partial charge is 0.147 e. The first-order chi connectivity index (χ1) is 13.2. The van der Waals surface area contributed by atoms with E-state index in [4.69, 9.17) is 4.98 Å². The van der Waals surface area contributed by atoms with E-state index in [1.165, 1.54) is 5.56 Å². The van der Waals surface area contributed by atoms with Crippen molar-refractivity contribution < 1.29 is 4.39 Å². The normalized spacial score (nSPS) is 15.3. The number of fused-ring (bicyclic) bond motifs is 5. The number of benzene rings is 2. The highest BCUT2D eigenvalue weighted by Gasteiger charge is 2.21. The minimum absolute atomic E-state index is 0.164. The number of hydrogen-bond acceptors (Lipinski definition) is 3. The van der Waals surface area contributed by atoms with Crippen LogP contribution in [-0.4, -0.2) is 35.7 Å². The lowest BCUT2D eigenvalue weighted by atomic mass is 10.0. The topological polar surface area (TPSA) is 33.1 Å². The predicted molar refractivity (Wildman–Crippen MR) is 109 cm³/mol. The van der Waals surface area contributed by atoms with Gasteiger partial charge in [0.2, 0.25) is 0 Å². The second-order valence-electron chi connectivity index (χ2n) is 7.37. The lowest BCUT2D eigenvalue weighted by molar-refractivity contribution is 0.567. The van der Waals surface area contributed by atoms with Crippen molar-refractivity contribution in [3.63, 3.8) is 0 Å². The van der Waals surface area contributed by atoms with E-state index in [-0.39, 0.29) is 5.82 Å². The molecule has 3 aliphatic heterocycles. The Bertz CT molecular complexity index is 1120. The summed E-state index contributed by atoms with van der Waals surface area (Å²) in [6.45, 7) is 8.48. The quantitative estimate of drug-likeness (QED) is 0.581. The van der Waals surface area contributed by atoms with Crippen LogP contribution in [0.1, 0.15) is 12.5 Å². The van der Waals surface area contributed by atoms with Crippen molar-refractivity contribution in [2.75, 3.05) is 31.1 Å². The number of halogens is 1. The van der Waals surface area contributed by atoms with Crippen molar-refractivity contribution in [3.8, 4) is 11.3 Å². The molecule has 27 heavy (non-hydrogen) atoms. The third-order valence-electron chi connectivity index (χ3n) is 5.64. The molecule has 0 bridgehead atoms. The van der Waals surface area contributed by atoms with Crippen LogP contribution < -0.4 is 10.2 Å². The molecule has 1 fully saturated rings.